The first kappa shape index (κ1) is 12.6. The Morgan fingerprint density at radius 2 is 2.26 bits per heavy atom. The van der Waals surface area contributed by atoms with Crippen molar-refractivity contribution < 1.29 is 9.26 Å². The Morgan fingerprint density at radius 1 is 1.42 bits per heavy atom. The second kappa shape index (κ2) is 5.70. The molecule has 3 rings (SSSR count). The van der Waals surface area contributed by atoms with Crippen molar-refractivity contribution in [1.82, 2.24) is 25.4 Å². The monoisotopic (exact) mass is 281 g/mol. The van der Waals surface area contributed by atoms with E-state index in [0.29, 0.717) is 11.8 Å². The molecule has 2 aromatic rings. The molecule has 3 heterocycles. The van der Waals surface area contributed by atoms with E-state index in [2.05, 4.69) is 20.7 Å². The highest BCUT2D eigenvalue weighted by Gasteiger charge is 2.20. The van der Waals surface area contributed by atoms with E-state index < -0.39 is 0 Å². The molecule has 0 aliphatic carbocycles. The third kappa shape index (κ3) is 2.95. The average molecular weight is 281 g/mol. The number of rotatable bonds is 4. The minimum atomic E-state index is 0.336. The molecule has 0 spiro atoms. The maximum absolute atomic E-state index is 5.36. The van der Waals surface area contributed by atoms with Crippen LogP contribution in [0.15, 0.2) is 15.7 Å². The summed E-state index contributed by atoms with van der Waals surface area (Å²) in [6.45, 7) is 3.45. The van der Waals surface area contributed by atoms with Gasteiger partial charge in [-0.3, -0.25) is 0 Å². The van der Waals surface area contributed by atoms with Gasteiger partial charge < -0.3 is 9.26 Å². The topological polar surface area (TPSA) is 78.9 Å². The Morgan fingerprint density at radius 3 is 3.00 bits per heavy atom. The number of aryl methyl sites for hydroxylation is 1. The van der Waals surface area contributed by atoms with Crippen molar-refractivity contribution in [2.24, 2.45) is 0 Å². The quantitative estimate of drug-likeness (QED) is 0.788. The lowest BCUT2D eigenvalue weighted by atomic mass is 10.1. The van der Waals surface area contributed by atoms with Gasteiger partial charge >= 0.3 is 0 Å². The van der Waals surface area contributed by atoms with E-state index in [1.54, 1.807) is 11.8 Å². The molecule has 1 aliphatic heterocycles. The standard InChI is InChI=1S/C11H15N5O2S/c1-8-6-10(18-13-8)7-19-11-12-14-15-16(11)9-2-4-17-5-3-9/h6,9H,2-5,7H2,1H3. The van der Waals surface area contributed by atoms with Gasteiger partial charge in [0, 0.05) is 19.3 Å². The normalized spacial score (nSPS) is 16.9. The highest BCUT2D eigenvalue weighted by atomic mass is 32.2. The lowest BCUT2D eigenvalue weighted by Gasteiger charge is -2.22. The first-order valence-electron chi connectivity index (χ1n) is 6.23. The van der Waals surface area contributed by atoms with Crippen LogP contribution in [-0.2, 0) is 10.5 Å². The van der Waals surface area contributed by atoms with E-state index >= 15 is 0 Å². The van der Waals surface area contributed by atoms with Gasteiger partial charge in [-0.1, -0.05) is 16.9 Å². The predicted molar refractivity (Wildman–Crippen MR) is 67.7 cm³/mol. The third-order valence-corrected chi connectivity index (χ3v) is 3.98. The van der Waals surface area contributed by atoms with E-state index in [1.165, 1.54) is 0 Å². The van der Waals surface area contributed by atoms with Crippen molar-refractivity contribution in [3.63, 3.8) is 0 Å². The van der Waals surface area contributed by atoms with Crippen molar-refractivity contribution in [2.75, 3.05) is 13.2 Å². The third-order valence-electron chi connectivity index (χ3n) is 3.02. The molecule has 0 radical (unpaired) electrons. The summed E-state index contributed by atoms with van der Waals surface area (Å²) in [7, 11) is 0. The fourth-order valence-corrected chi connectivity index (χ4v) is 2.88. The van der Waals surface area contributed by atoms with Crippen LogP contribution < -0.4 is 0 Å². The Kier molecular flexibility index (Phi) is 3.79. The van der Waals surface area contributed by atoms with Crippen LogP contribution >= 0.6 is 11.8 Å². The summed E-state index contributed by atoms with van der Waals surface area (Å²) in [6.07, 6.45) is 1.92. The summed E-state index contributed by atoms with van der Waals surface area (Å²) in [6, 6.07) is 2.26. The minimum absolute atomic E-state index is 0.336. The predicted octanol–water partition coefficient (Wildman–Crippen LogP) is 1.61. The van der Waals surface area contributed by atoms with Gasteiger partial charge in [0.05, 0.1) is 17.5 Å². The lowest BCUT2D eigenvalue weighted by Crippen LogP contribution is -2.21. The van der Waals surface area contributed by atoms with Gasteiger partial charge in [0.25, 0.3) is 0 Å². The van der Waals surface area contributed by atoms with Gasteiger partial charge in [0.2, 0.25) is 5.16 Å². The van der Waals surface area contributed by atoms with Gasteiger partial charge in [-0.05, 0) is 30.2 Å². The number of aromatic nitrogens is 5. The zero-order valence-electron chi connectivity index (χ0n) is 10.7. The van der Waals surface area contributed by atoms with Crippen LogP contribution in [0.2, 0.25) is 0 Å². The smallest absolute Gasteiger partial charge is 0.210 e. The molecule has 1 fully saturated rings. The van der Waals surface area contributed by atoms with Gasteiger partial charge in [0.15, 0.2) is 0 Å². The van der Waals surface area contributed by atoms with E-state index in [-0.39, 0.29) is 0 Å². The summed E-state index contributed by atoms with van der Waals surface area (Å²) in [4.78, 5) is 0. The van der Waals surface area contributed by atoms with Gasteiger partial charge in [-0.15, -0.1) is 5.10 Å². The van der Waals surface area contributed by atoms with Crippen LogP contribution in [0.3, 0.4) is 0 Å². The van der Waals surface area contributed by atoms with Crippen LogP contribution in [0.25, 0.3) is 0 Å². The Balaban J connectivity index is 1.66. The van der Waals surface area contributed by atoms with Crippen LogP contribution in [0, 0.1) is 6.92 Å². The molecular formula is C11H15N5O2S. The van der Waals surface area contributed by atoms with Crippen molar-refractivity contribution in [3.8, 4) is 0 Å². The fraction of sp³-hybridized carbons (Fsp3) is 0.636. The maximum Gasteiger partial charge on any atom is 0.210 e. The molecule has 0 bridgehead atoms. The average Bonchev–Trinajstić information content (AvgIpc) is 3.06. The van der Waals surface area contributed by atoms with Crippen LogP contribution in [0.4, 0.5) is 0 Å². The summed E-state index contributed by atoms with van der Waals surface area (Å²) in [5.74, 6) is 1.52. The zero-order valence-corrected chi connectivity index (χ0v) is 11.5. The SMILES string of the molecule is Cc1cc(CSc2nnnn2C2CCOCC2)on1. The van der Waals surface area contributed by atoms with Crippen molar-refractivity contribution in [3.05, 3.63) is 17.5 Å². The first-order valence-corrected chi connectivity index (χ1v) is 7.22. The molecule has 7 nitrogen and oxygen atoms in total. The lowest BCUT2D eigenvalue weighted by molar-refractivity contribution is 0.0631. The number of tetrazole rings is 1. The molecule has 0 unspecified atom stereocenters. The molecule has 102 valence electrons. The van der Waals surface area contributed by atoms with Gasteiger partial charge in [0.1, 0.15) is 5.76 Å². The molecule has 0 amide bonds. The molecule has 0 N–H and O–H groups in total. The van der Waals surface area contributed by atoms with Gasteiger partial charge in [-0.2, -0.15) is 0 Å². The second-order valence-electron chi connectivity index (χ2n) is 4.47. The zero-order chi connectivity index (χ0) is 13.1. The van der Waals surface area contributed by atoms with Crippen molar-refractivity contribution >= 4 is 11.8 Å². The summed E-state index contributed by atoms with van der Waals surface area (Å²) >= 11 is 1.57. The largest absolute Gasteiger partial charge is 0.381 e. The number of ether oxygens (including phenoxy) is 1. The number of nitrogens with zero attached hydrogens (tertiary/aromatic N) is 5. The summed E-state index contributed by atoms with van der Waals surface area (Å²) < 4.78 is 12.4. The van der Waals surface area contributed by atoms with Crippen LogP contribution in [0.5, 0.6) is 0 Å². The molecular weight excluding hydrogens is 266 g/mol. The Hall–Kier alpha value is -1.41. The molecule has 1 aliphatic rings. The highest BCUT2D eigenvalue weighted by Crippen LogP contribution is 2.26. The van der Waals surface area contributed by atoms with Crippen LogP contribution in [0.1, 0.15) is 30.3 Å². The number of hydrogen-bond donors (Lipinski definition) is 0. The minimum Gasteiger partial charge on any atom is -0.381 e. The molecule has 0 aromatic carbocycles. The van der Waals surface area contributed by atoms with E-state index in [1.807, 2.05) is 17.7 Å². The fourth-order valence-electron chi connectivity index (χ4n) is 2.06. The molecule has 19 heavy (non-hydrogen) atoms. The highest BCUT2D eigenvalue weighted by molar-refractivity contribution is 7.98. The molecule has 2 aromatic heterocycles. The van der Waals surface area contributed by atoms with Crippen molar-refractivity contribution in [2.45, 2.75) is 36.7 Å². The molecule has 0 atom stereocenters. The first-order chi connectivity index (χ1) is 9.33. The summed E-state index contributed by atoms with van der Waals surface area (Å²) in [5.41, 5.74) is 0.889. The molecule has 0 saturated carbocycles. The van der Waals surface area contributed by atoms with E-state index in [4.69, 9.17) is 9.26 Å². The van der Waals surface area contributed by atoms with E-state index in [0.717, 1.165) is 42.7 Å². The Labute approximate surface area is 114 Å². The molecule has 8 heteroatoms. The Bertz CT molecular complexity index is 535. The number of thioether (sulfide) groups is 1. The van der Waals surface area contributed by atoms with Gasteiger partial charge in [-0.25, -0.2) is 4.68 Å². The van der Waals surface area contributed by atoms with Crippen LogP contribution in [-0.4, -0.2) is 38.6 Å². The van der Waals surface area contributed by atoms with Crippen molar-refractivity contribution in [1.29, 1.82) is 0 Å². The van der Waals surface area contributed by atoms with E-state index in [9.17, 15) is 0 Å². The number of hydrogen-bond acceptors (Lipinski definition) is 7. The second-order valence-corrected chi connectivity index (χ2v) is 5.42. The maximum atomic E-state index is 5.36. The molecule has 1 saturated heterocycles. The summed E-state index contributed by atoms with van der Waals surface area (Å²) in [5, 5.41) is 16.6.